The van der Waals surface area contributed by atoms with Gasteiger partial charge in [0.1, 0.15) is 0 Å². The van der Waals surface area contributed by atoms with E-state index in [2.05, 4.69) is 42.8 Å². The molecule has 0 radical (unpaired) electrons. The molecule has 0 saturated carbocycles. The number of fused-ring (bicyclic) bond motifs is 1. The Bertz CT molecular complexity index is 792. The van der Waals surface area contributed by atoms with E-state index in [9.17, 15) is 5.11 Å². The maximum Gasteiger partial charge on any atom is 0.0959 e. The lowest BCUT2D eigenvalue weighted by Gasteiger charge is -2.23. The van der Waals surface area contributed by atoms with Gasteiger partial charge in [0.2, 0.25) is 0 Å². The molecular formula is C19H25N3O2. The van der Waals surface area contributed by atoms with E-state index in [-0.39, 0.29) is 0 Å². The van der Waals surface area contributed by atoms with Crippen LogP contribution in [0.25, 0.3) is 11.0 Å². The number of hydrogen-bond donors (Lipinski definition) is 1. The van der Waals surface area contributed by atoms with Crippen molar-refractivity contribution in [3.8, 4) is 0 Å². The molecule has 2 aromatic heterocycles. The Labute approximate surface area is 142 Å². The van der Waals surface area contributed by atoms with Crippen LogP contribution in [0.1, 0.15) is 23.6 Å². The van der Waals surface area contributed by atoms with Crippen LogP contribution in [0.5, 0.6) is 0 Å². The Morgan fingerprint density at radius 3 is 2.79 bits per heavy atom. The monoisotopic (exact) mass is 327 g/mol. The second-order valence-electron chi connectivity index (χ2n) is 6.44. The van der Waals surface area contributed by atoms with Gasteiger partial charge in [0.15, 0.2) is 0 Å². The fraction of sp³-hybridized carbons (Fsp3) is 0.421. The molecule has 0 aliphatic heterocycles. The minimum atomic E-state index is -0.448. The summed E-state index contributed by atoms with van der Waals surface area (Å²) in [6.45, 7) is 9.13. The van der Waals surface area contributed by atoms with Crippen molar-refractivity contribution < 1.29 is 9.52 Å². The summed E-state index contributed by atoms with van der Waals surface area (Å²) in [7, 11) is 0. The van der Waals surface area contributed by atoms with E-state index in [0.717, 1.165) is 29.7 Å². The lowest BCUT2D eigenvalue weighted by Crippen LogP contribution is -2.34. The van der Waals surface area contributed by atoms with Crippen LogP contribution in [0.3, 0.4) is 0 Å². The fourth-order valence-electron chi connectivity index (χ4n) is 2.99. The number of aryl methyl sites for hydroxylation is 2. The molecule has 3 aromatic rings. The molecule has 5 heteroatoms. The van der Waals surface area contributed by atoms with Gasteiger partial charge in [-0.05, 0) is 49.7 Å². The number of nitrogens with zero attached hydrogens (tertiary/aromatic N) is 3. The highest BCUT2D eigenvalue weighted by atomic mass is 16.3. The second kappa shape index (κ2) is 7.20. The first-order valence-corrected chi connectivity index (χ1v) is 8.40. The Morgan fingerprint density at radius 2 is 2.08 bits per heavy atom. The summed E-state index contributed by atoms with van der Waals surface area (Å²) in [6.07, 6.45) is 4.81. The van der Waals surface area contributed by atoms with Crippen LogP contribution in [0, 0.1) is 13.8 Å². The van der Waals surface area contributed by atoms with Gasteiger partial charge in [-0.25, -0.2) is 4.98 Å². The number of aromatic nitrogens is 2. The normalized spacial score (nSPS) is 13.0. The van der Waals surface area contributed by atoms with Crippen molar-refractivity contribution in [3.05, 3.63) is 53.7 Å². The summed E-state index contributed by atoms with van der Waals surface area (Å²) in [5.41, 5.74) is 5.67. The zero-order valence-corrected chi connectivity index (χ0v) is 14.6. The van der Waals surface area contributed by atoms with E-state index >= 15 is 0 Å². The first-order chi connectivity index (χ1) is 11.6. The third-order valence-electron chi connectivity index (χ3n) is 4.55. The predicted molar refractivity (Wildman–Crippen MR) is 94.9 cm³/mol. The van der Waals surface area contributed by atoms with Gasteiger partial charge >= 0.3 is 0 Å². The van der Waals surface area contributed by atoms with E-state index in [1.54, 1.807) is 12.5 Å². The molecule has 0 amide bonds. The average Bonchev–Trinajstić information content (AvgIpc) is 3.18. The Balaban J connectivity index is 1.67. The molecule has 24 heavy (non-hydrogen) atoms. The van der Waals surface area contributed by atoms with E-state index in [0.29, 0.717) is 13.1 Å². The van der Waals surface area contributed by atoms with Gasteiger partial charge in [0.25, 0.3) is 0 Å². The number of benzene rings is 1. The summed E-state index contributed by atoms with van der Waals surface area (Å²) in [5, 5.41) is 10.5. The Hall–Kier alpha value is -2.11. The van der Waals surface area contributed by atoms with Gasteiger partial charge in [0, 0.05) is 18.7 Å². The minimum Gasteiger partial charge on any atom is -0.472 e. The number of imidazole rings is 1. The highest BCUT2D eigenvalue weighted by Gasteiger charge is 2.14. The summed E-state index contributed by atoms with van der Waals surface area (Å²) in [6, 6.07) is 6.21. The van der Waals surface area contributed by atoms with E-state index < -0.39 is 6.10 Å². The van der Waals surface area contributed by atoms with Crippen molar-refractivity contribution >= 4 is 11.0 Å². The van der Waals surface area contributed by atoms with Gasteiger partial charge in [-0.3, -0.25) is 4.90 Å². The van der Waals surface area contributed by atoms with Gasteiger partial charge < -0.3 is 14.1 Å². The molecule has 0 aliphatic carbocycles. The summed E-state index contributed by atoms with van der Waals surface area (Å²) in [5.74, 6) is 0. The van der Waals surface area contributed by atoms with Crippen LogP contribution >= 0.6 is 0 Å². The SMILES string of the molecule is CCN(Cc1ccoc1)CC(O)Cn1cnc2cc(C)c(C)cc21. The number of furan rings is 1. The van der Waals surface area contributed by atoms with Crippen molar-refractivity contribution in [1.29, 1.82) is 0 Å². The van der Waals surface area contributed by atoms with Crippen LogP contribution in [-0.4, -0.2) is 38.8 Å². The van der Waals surface area contributed by atoms with Crippen molar-refractivity contribution in [2.75, 3.05) is 13.1 Å². The van der Waals surface area contributed by atoms with Gasteiger partial charge in [-0.15, -0.1) is 0 Å². The van der Waals surface area contributed by atoms with Crippen molar-refractivity contribution in [2.45, 2.75) is 40.0 Å². The lowest BCUT2D eigenvalue weighted by atomic mass is 10.1. The quantitative estimate of drug-likeness (QED) is 0.724. The number of aliphatic hydroxyl groups excluding tert-OH is 1. The number of rotatable bonds is 7. The molecule has 0 fully saturated rings. The average molecular weight is 327 g/mol. The van der Waals surface area contributed by atoms with E-state index in [1.807, 2.05) is 17.0 Å². The van der Waals surface area contributed by atoms with Crippen LogP contribution in [0.2, 0.25) is 0 Å². The zero-order valence-electron chi connectivity index (χ0n) is 14.6. The molecule has 0 bridgehead atoms. The van der Waals surface area contributed by atoms with Gasteiger partial charge in [-0.2, -0.15) is 0 Å². The van der Waals surface area contributed by atoms with Crippen molar-refractivity contribution in [2.24, 2.45) is 0 Å². The van der Waals surface area contributed by atoms with Crippen molar-refractivity contribution in [3.63, 3.8) is 0 Å². The standard InChI is InChI=1S/C19H25N3O2/c1-4-21(9-16-5-6-24-12-16)10-17(23)11-22-13-20-18-7-14(2)15(3)8-19(18)22/h5-8,12-13,17,23H,4,9-11H2,1-3H3. The molecule has 2 heterocycles. The molecule has 5 nitrogen and oxygen atoms in total. The minimum absolute atomic E-state index is 0.448. The van der Waals surface area contributed by atoms with Crippen LogP contribution in [0.4, 0.5) is 0 Å². The molecule has 0 aliphatic rings. The van der Waals surface area contributed by atoms with Gasteiger partial charge in [0.05, 0.1) is 42.5 Å². The van der Waals surface area contributed by atoms with Crippen molar-refractivity contribution in [1.82, 2.24) is 14.5 Å². The first-order valence-electron chi connectivity index (χ1n) is 8.40. The largest absolute Gasteiger partial charge is 0.472 e. The van der Waals surface area contributed by atoms with Crippen LogP contribution < -0.4 is 0 Å². The predicted octanol–water partition coefficient (Wildman–Crippen LogP) is 3.13. The topological polar surface area (TPSA) is 54.4 Å². The summed E-state index contributed by atoms with van der Waals surface area (Å²) in [4.78, 5) is 6.67. The summed E-state index contributed by atoms with van der Waals surface area (Å²) >= 11 is 0. The highest BCUT2D eigenvalue weighted by Crippen LogP contribution is 2.19. The molecule has 1 aromatic carbocycles. The summed E-state index contributed by atoms with van der Waals surface area (Å²) < 4.78 is 7.16. The highest BCUT2D eigenvalue weighted by molar-refractivity contribution is 5.77. The number of likely N-dealkylation sites (N-methyl/N-ethyl adjacent to an activating group) is 1. The second-order valence-corrected chi connectivity index (χ2v) is 6.44. The fourth-order valence-corrected chi connectivity index (χ4v) is 2.99. The maximum absolute atomic E-state index is 10.5. The third kappa shape index (κ3) is 3.68. The molecular weight excluding hydrogens is 302 g/mol. The molecule has 1 N–H and O–H groups in total. The van der Waals surface area contributed by atoms with Crippen LogP contribution in [0.15, 0.2) is 41.5 Å². The van der Waals surface area contributed by atoms with E-state index in [4.69, 9.17) is 4.42 Å². The molecule has 128 valence electrons. The van der Waals surface area contributed by atoms with Gasteiger partial charge in [-0.1, -0.05) is 6.92 Å². The zero-order chi connectivity index (χ0) is 17.1. The molecule has 0 spiro atoms. The third-order valence-corrected chi connectivity index (χ3v) is 4.55. The lowest BCUT2D eigenvalue weighted by molar-refractivity contribution is 0.0979. The Kier molecular flexibility index (Phi) is 5.02. The number of aliphatic hydroxyl groups is 1. The molecule has 3 rings (SSSR count). The van der Waals surface area contributed by atoms with Crippen LogP contribution in [-0.2, 0) is 13.1 Å². The smallest absolute Gasteiger partial charge is 0.0959 e. The number of hydrogen-bond acceptors (Lipinski definition) is 4. The molecule has 1 unspecified atom stereocenters. The maximum atomic E-state index is 10.5. The van der Waals surface area contributed by atoms with E-state index in [1.165, 1.54) is 11.1 Å². The Morgan fingerprint density at radius 1 is 1.29 bits per heavy atom. The first kappa shape index (κ1) is 16.7. The molecule has 1 atom stereocenters. The molecule has 0 saturated heterocycles.